The first-order valence-corrected chi connectivity index (χ1v) is 8.28. The van der Waals surface area contributed by atoms with Crippen LogP contribution in [0.25, 0.3) is 0 Å². The Bertz CT molecular complexity index is 549. The zero-order chi connectivity index (χ0) is 15.5. The average molecular weight is 308 g/mol. The molecule has 2 rings (SSSR count). The molecule has 0 aromatic carbocycles. The Hall–Kier alpha value is -1.56. The van der Waals surface area contributed by atoms with Crippen LogP contribution in [0.5, 0.6) is 0 Å². The number of rotatable bonds is 5. The lowest BCUT2D eigenvalue weighted by molar-refractivity contribution is -0.148. The molecule has 6 heteroatoms. The Kier molecular flexibility index (Phi) is 4.88. The third-order valence-corrected chi connectivity index (χ3v) is 4.73. The number of carboxylic acid groups (broad SMARTS) is 1. The first-order valence-electron chi connectivity index (χ1n) is 7.06. The first kappa shape index (κ1) is 15.8. The molecule has 114 valence electrons. The number of thioether (sulfide) groups is 1. The Balaban J connectivity index is 2.20. The summed E-state index contributed by atoms with van der Waals surface area (Å²) in [5.41, 5.74) is -0.228. The van der Waals surface area contributed by atoms with Crippen molar-refractivity contribution in [2.75, 3.05) is 19.3 Å². The summed E-state index contributed by atoms with van der Waals surface area (Å²) in [6.45, 7) is 2.76. The smallest absolute Gasteiger partial charge is 0.311 e. The highest BCUT2D eigenvalue weighted by Crippen LogP contribution is 2.36. The molecule has 1 aliphatic heterocycles. The molecule has 1 aromatic heterocycles. The van der Waals surface area contributed by atoms with Crippen LogP contribution in [0, 0.1) is 5.41 Å². The number of carboxylic acids is 1. The van der Waals surface area contributed by atoms with E-state index in [2.05, 4.69) is 4.98 Å². The molecule has 1 aromatic rings. The summed E-state index contributed by atoms with van der Waals surface area (Å²) in [5, 5.41) is 10.2. The molecule has 0 saturated carbocycles. The molecule has 0 bridgehead atoms. The molecule has 2 heterocycles. The number of likely N-dealkylation sites (tertiary alicyclic amines) is 1. The van der Waals surface area contributed by atoms with Gasteiger partial charge < -0.3 is 10.0 Å². The van der Waals surface area contributed by atoms with Crippen molar-refractivity contribution in [2.45, 2.75) is 31.2 Å². The van der Waals surface area contributed by atoms with Crippen molar-refractivity contribution >= 4 is 23.6 Å². The molecule has 1 atom stereocenters. The van der Waals surface area contributed by atoms with Crippen LogP contribution in [-0.4, -0.2) is 46.2 Å². The van der Waals surface area contributed by atoms with Crippen molar-refractivity contribution in [2.24, 2.45) is 5.41 Å². The predicted molar refractivity (Wildman–Crippen MR) is 81.5 cm³/mol. The SMILES string of the molecule is CCCC1(C(=O)O)CCN(C(=O)c2cccnc2SC)C1. The van der Waals surface area contributed by atoms with Gasteiger partial charge in [0.15, 0.2) is 0 Å². The van der Waals surface area contributed by atoms with Gasteiger partial charge in [0.05, 0.1) is 11.0 Å². The average Bonchev–Trinajstić information content (AvgIpc) is 2.92. The van der Waals surface area contributed by atoms with Gasteiger partial charge in [0, 0.05) is 19.3 Å². The Morgan fingerprint density at radius 1 is 1.52 bits per heavy atom. The highest BCUT2D eigenvalue weighted by molar-refractivity contribution is 7.98. The number of hydrogen-bond donors (Lipinski definition) is 1. The first-order chi connectivity index (χ1) is 10.0. The van der Waals surface area contributed by atoms with Crippen molar-refractivity contribution in [1.82, 2.24) is 9.88 Å². The number of carbonyl (C=O) groups is 2. The van der Waals surface area contributed by atoms with Crippen molar-refractivity contribution in [3.8, 4) is 0 Å². The van der Waals surface area contributed by atoms with Gasteiger partial charge in [-0.3, -0.25) is 9.59 Å². The van der Waals surface area contributed by atoms with Gasteiger partial charge in [-0.2, -0.15) is 0 Å². The summed E-state index contributed by atoms with van der Waals surface area (Å²) in [5.74, 6) is -0.914. The third kappa shape index (κ3) is 3.05. The lowest BCUT2D eigenvalue weighted by Crippen LogP contribution is -2.37. The van der Waals surface area contributed by atoms with E-state index in [-0.39, 0.29) is 12.5 Å². The molecule has 1 amide bonds. The van der Waals surface area contributed by atoms with Gasteiger partial charge in [0.25, 0.3) is 5.91 Å². The van der Waals surface area contributed by atoms with E-state index in [4.69, 9.17) is 0 Å². The zero-order valence-corrected chi connectivity index (χ0v) is 13.2. The number of pyridine rings is 1. The van der Waals surface area contributed by atoms with Gasteiger partial charge in [-0.25, -0.2) is 4.98 Å². The van der Waals surface area contributed by atoms with Crippen molar-refractivity contribution < 1.29 is 14.7 Å². The minimum Gasteiger partial charge on any atom is -0.481 e. The monoisotopic (exact) mass is 308 g/mol. The highest BCUT2D eigenvalue weighted by Gasteiger charge is 2.45. The van der Waals surface area contributed by atoms with Crippen molar-refractivity contribution in [3.63, 3.8) is 0 Å². The second-order valence-corrected chi connectivity index (χ2v) is 6.17. The van der Waals surface area contributed by atoms with Crippen LogP contribution in [-0.2, 0) is 4.79 Å². The fourth-order valence-corrected chi connectivity index (χ4v) is 3.44. The molecule has 1 N–H and O–H groups in total. The van der Waals surface area contributed by atoms with Crippen LogP contribution < -0.4 is 0 Å². The van der Waals surface area contributed by atoms with E-state index in [0.29, 0.717) is 30.0 Å². The molecule has 1 unspecified atom stereocenters. The molecule has 0 spiro atoms. The standard InChI is InChI=1S/C15H20N2O3S/c1-3-6-15(14(19)20)7-9-17(10-15)13(18)11-5-4-8-16-12(11)21-2/h4-5,8H,3,6-7,9-10H2,1-2H3,(H,19,20). The van der Waals surface area contributed by atoms with E-state index in [1.807, 2.05) is 13.2 Å². The summed E-state index contributed by atoms with van der Waals surface area (Å²) in [7, 11) is 0. The Morgan fingerprint density at radius 3 is 2.90 bits per heavy atom. The summed E-state index contributed by atoms with van der Waals surface area (Å²) in [6, 6.07) is 3.49. The van der Waals surface area contributed by atoms with E-state index in [0.717, 1.165) is 6.42 Å². The maximum Gasteiger partial charge on any atom is 0.311 e. The van der Waals surface area contributed by atoms with Gasteiger partial charge in [-0.1, -0.05) is 13.3 Å². The Morgan fingerprint density at radius 2 is 2.29 bits per heavy atom. The maximum atomic E-state index is 12.6. The molecule has 21 heavy (non-hydrogen) atoms. The number of amides is 1. The van der Waals surface area contributed by atoms with E-state index in [1.165, 1.54) is 11.8 Å². The Labute approximate surface area is 128 Å². The van der Waals surface area contributed by atoms with Crippen LogP contribution in [0.4, 0.5) is 0 Å². The molecule has 5 nitrogen and oxygen atoms in total. The number of carbonyl (C=O) groups excluding carboxylic acids is 1. The number of hydrogen-bond acceptors (Lipinski definition) is 4. The molecule has 1 fully saturated rings. The lowest BCUT2D eigenvalue weighted by Gasteiger charge is -2.24. The maximum absolute atomic E-state index is 12.6. The van der Waals surface area contributed by atoms with E-state index < -0.39 is 11.4 Å². The van der Waals surface area contributed by atoms with E-state index in [1.54, 1.807) is 23.2 Å². The van der Waals surface area contributed by atoms with Gasteiger partial charge in [0.2, 0.25) is 0 Å². The fourth-order valence-electron chi connectivity index (χ4n) is 2.90. The minimum absolute atomic E-state index is 0.119. The van der Waals surface area contributed by atoms with Crippen molar-refractivity contribution in [1.29, 1.82) is 0 Å². The van der Waals surface area contributed by atoms with Crippen LogP contribution in [0.2, 0.25) is 0 Å². The summed E-state index contributed by atoms with van der Waals surface area (Å²) < 4.78 is 0. The molecule has 0 radical (unpaired) electrons. The number of aliphatic carboxylic acids is 1. The molecule has 1 aliphatic rings. The summed E-state index contributed by atoms with van der Waals surface area (Å²) in [6.07, 6.45) is 5.47. The van der Waals surface area contributed by atoms with E-state index >= 15 is 0 Å². The van der Waals surface area contributed by atoms with Gasteiger partial charge in [-0.15, -0.1) is 11.8 Å². The van der Waals surface area contributed by atoms with Gasteiger partial charge in [0.1, 0.15) is 5.03 Å². The highest BCUT2D eigenvalue weighted by atomic mass is 32.2. The summed E-state index contributed by atoms with van der Waals surface area (Å²) >= 11 is 1.42. The van der Waals surface area contributed by atoms with Crippen LogP contribution in [0.3, 0.4) is 0 Å². The topological polar surface area (TPSA) is 70.5 Å². The molecule has 1 saturated heterocycles. The molecule has 0 aliphatic carbocycles. The van der Waals surface area contributed by atoms with Crippen LogP contribution in [0.15, 0.2) is 23.4 Å². The minimum atomic E-state index is -0.795. The van der Waals surface area contributed by atoms with Crippen molar-refractivity contribution in [3.05, 3.63) is 23.9 Å². The van der Waals surface area contributed by atoms with Gasteiger partial charge in [-0.05, 0) is 31.2 Å². The normalized spacial score (nSPS) is 21.5. The second kappa shape index (κ2) is 6.47. The molecular formula is C15H20N2O3S. The number of aromatic nitrogens is 1. The van der Waals surface area contributed by atoms with Gasteiger partial charge >= 0.3 is 5.97 Å². The molecular weight excluding hydrogens is 288 g/mol. The second-order valence-electron chi connectivity index (χ2n) is 5.37. The predicted octanol–water partition coefficient (Wildman–Crippen LogP) is 2.52. The van der Waals surface area contributed by atoms with Crippen LogP contribution in [0.1, 0.15) is 36.5 Å². The number of nitrogens with zero attached hydrogens (tertiary/aromatic N) is 2. The quantitative estimate of drug-likeness (QED) is 0.846. The summed E-state index contributed by atoms with van der Waals surface area (Å²) in [4.78, 5) is 30.1. The zero-order valence-electron chi connectivity index (χ0n) is 12.3. The largest absolute Gasteiger partial charge is 0.481 e. The van der Waals surface area contributed by atoms with Crippen LogP contribution >= 0.6 is 11.8 Å². The third-order valence-electron chi connectivity index (χ3n) is 4.02. The van der Waals surface area contributed by atoms with E-state index in [9.17, 15) is 14.7 Å². The lowest BCUT2D eigenvalue weighted by atomic mass is 9.83. The fraction of sp³-hybridized carbons (Fsp3) is 0.533.